The molecule has 0 aromatic heterocycles. The molecule has 0 saturated heterocycles. The number of nitrogen functional groups attached to an aromatic ring is 1. The van der Waals surface area contributed by atoms with Crippen molar-refractivity contribution in [2.24, 2.45) is 5.41 Å². The maximum Gasteiger partial charge on any atom is 0.341 e. The van der Waals surface area contributed by atoms with E-state index in [0.717, 1.165) is 6.42 Å². The third kappa shape index (κ3) is 4.07. The predicted octanol–water partition coefficient (Wildman–Crippen LogP) is 4.17. The molecule has 0 atom stereocenters. The van der Waals surface area contributed by atoms with Gasteiger partial charge in [0.15, 0.2) is 0 Å². The van der Waals surface area contributed by atoms with Crippen LogP contribution in [0.5, 0.6) is 0 Å². The predicted molar refractivity (Wildman–Crippen MR) is 75.2 cm³/mol. The molecular formula is C13H17Cl2NO2. The summed E-state index contributed by atoms with van der Waals surface area (Å²) < 4.78 is 5.16. The molecule has 0 heterocycles. The van der Waals surface area contributed by atoms with E-state index >= 15 is 0 Å². The Morgan fingerprint density at radius 1 is 1.28 bits per heavy atom. The lowest BCUT2D eigenvalue weighted by molar-refractivity contribution is 0.0466. The van der Waals surface area contributed by atoms with Crippen LogP contribution >= 0.6 is 23.2 Å². The van der Waals surface area contributed by atoms with Gasteiger partial charge in [0.2, 0.25) is 0 Å². The number of carbonyl (C=O) groups is 1. The van der Waals surface area contributed by atoms with E-state index in [9.17, 15) is 4.79 Å². The quantitative estimate of drug-likeness (QED) is 0.671. The first kappa shape index (κ1) is 15.1. The van der Waals surface area contributed by atoms with Crippen LogP contribution in [0.1, 0.15) is 37.6 Å². The fourth-order valence-corrected chi connectivity index (χ4v) is 1.70. The standard InChI is InChI=1S/C13H17Cl2NO2/c1-13(2,3)6-7-18-12(17)10-8(14)4-5-9(15)11(10)16/h4-5H,6-7,16H2,1-3H3. The lowest BCUT2D eigenvalue weighted by Crippen LogP contribution is -2.14. The zero-order valence-corrected chi connectivity index (χ0v) is 12.2. The first-order valence-electron chi connectivity index (χ1n) is 5.63. The molecule has 3 nitrogen and oxygen atoms in total. The van der Waals surface area contributed by atoms with E-state index in [4.69, 9.17) is 33.7 Å². The van der Waals surface area contributed by atoms with Gasteiger partial charge in [0.25, 0.3) is 0 Å². The molecule has 0 spiro atoms. The van der Waals surface area contributed by atoms with Gasteiger partial charge in [0.05, 0.1) is 22.3 Å². The number of esters is 1. The summed E-state index contributed by atoms with van der Waals surface area (Å²) in [6, 6.07) is 3.08. The van der Waals surface area contributed by atoms with Crippen LogP contribution in [0.3, 0.4) is 0 Å². The van der Waals surface area contributed by atoms with Crippen LogP contribution < -0.4 is 5.73 Å². The second kappa shape index (κ2) is 5.81. The summed E-state index contributed by atoms with van der Waals surface area (Å²) in [6.45, 7) is 6.54. The number of hydrogen-bond acceptors (Lipinski definition) is 3. The first-order chi connectivity index (χ1) is 8.22. The Labute approximate surface area is 117 Å². The maximum absolute atomic E-state index is 11.9. The highest BCUT2D eigenvalue weighted by Crippen LogP contribution is 2.30. The molecule has 0 amide bonds. The largest absolute Gasteiger partial charge is 0.462 e. The minimum absolute atomic E-state index is 0.101. The third-order valence-corrected chi connectivity index (χ3v) is 3.08. The number of benzene rings is 1. The molecule has 0 saturated carbocycles. The van der Waals surface area contributed by atoms with Crippen LogP contribution in [0.25, 0.3) is 0 Å². The van der Waals surface area contributed by atoms with Gasteiger partial charge in [-0.1, -0.05) is 44.0 Å². The lowest BCUT2D eigenvalue weighted by atomic mass is 9.93. The van der Waals surface area contributed by atoms with Crippen molar-refractivity contribution in [3.8, 4) is 0 Å². The van der Waals surface area contributed by atoms with Gasteiger partial charge < -0.3 is 10.5 Å². The number of halogens is 2. The Bertz CT molecular complexity index is 453. The Balaban J connectivity index is 2.76. The number of hydrogen-bond donors (Lipinski definition) is 1. The molecule has 0 fully saturated rings. The number of nitrogens with two attached hydrogens (primary N) is 1. The summed E-state index contributed by atoms with van der Waals surface area (Å²) in [7, 11) is 0. The zero-order valence-electron chi connectivity index (χ0n) is 10.7. The highest BCUT2D eigenvalue weighted by atomic mass is 35.5. The van der Waals surface area contributed by atoms with Gasteiger partial charge in [-0.2, -0.15) is 0 Å². The van der Waals surface area contributed by atoms with Gasteiger partial charge in [0.1, 0.15) is 5.56 Å². The molecular weight excluding hydrogens is 273 g/mol. The molecule has 0 aliphatic heterocycles. The van der Waals surface area contributed by atoms with Crippen molar-refractivity contribution < 1.29 is 9.53 Å². The van der Waals surface area contributed by atoms with Crippen molar-refractivity contribution in [3.63, 3.8) is 0 Å². The average Bonchev–Trinajstić information content (AvgIpc) is 2.22. The van der Waals surface area contributed by atoms with Crippen LogP contribution in [-0.2, 0) is 4.74 Å². The monoisotopic (exact) mass is 289 g/mol. The highest BCUT2D eigenvalue weighted by molar-refractivity contribution is 6.38. The first-order valence-corrected chi connectivity index (χ1v) is 6.38. The Morgan fingerprint density at radius 3 is 2.39 bits per heavy atom. The normalized spacial score (nSPS) is 11.4. The minimum Gasteiger partial charge on any atom is -0.462 e. The molecule has 0 aliphatic carbocycles. The smallest absolute Gasteiger partial charge is 0.341 e. The van der Waals surface area contributed by atoms with Crippen molar-refractivity contribution in [2.45, 2.75) is 27.2 Å². The Kier molecular flexibility index (Phi) is 4.88. The molecule has 2 N–H and O–H groups in total. The SMILES string of the molecule is CC(C)(C)CCOC(=O)c1c(Cl)ccc(Cl)c1N. The van der Waals surface area contributed by atoms with Gasteiger partial charge in [-0.25, -0.2) is 4.79 Å². The number of rotatable bonds is 3. The minimum atomic E-state index is -0.538. The van der Waals surface area contributed by atoms with Crippen molar-refractivity contribution >= 4 is 34.9 Å². The zero-order chi connectivity index (χ0) is 13.9. The van der Waals surface area contributed by atoms with E-state index in [2.05, 4.69) is 20.8 Å². The number of anilines is 1. The third-order valence-electron chi connectivity index (χ3n) is 2.43. The number of ether oxygens (including phenoxy) is 1. The molecule has 1 aromatic carbocycles. The van der Waals surface area contributed by atoms with Crippen molar-refractivity contribution in [1.82, 2.24) is 0 Å². The van der Waals surface area contributed by atoms with Crippen LogP contribution in [-0.4, -0.2) is 12.6 Å². The fraction of sp³-hybridized carbons (Fsp3) is 0.462. The molecule has 0 unspecified atom stereocenters. The topological polar surface area (TPSA) is 52.3 Å². The van der Waals surface area contributed by atoms with Gasteiger partial charge in [-0.05, 0) is 24.0 Å². The van der Waals surface area contributed by atoms with Gasteiger partial charge in [-0.3, -0.25) is 0 Å². The molecule has 18 heavy (non-hydrogen) atoms. The Morgan fingerprint density at radius 2 is 1.83 bits per heavy atom. The van der Waals surface area contributed by atoms with Crippen molar-refractivity contribution in [2.75, 3.05) is 12.3 Å². The van der Waals surface area contributed by atoms with E-state index in [1.54, 1.807) is 6.07 Å². The summed E-state index contributed by atoms with van der Waals surface area (Å²) in [5, 5.41) is 0.542. The summed E-state index contributed by atoms with van der Waals surface area (Å²) in [5.41, 5.74) is 6.12. The van der Waals surface area contributed by atoms with Gasteiger partial charge in [0, 0.05) is 0 Å². The molecule has 100 valence electrons. The van der Waals surface area contributed by atoms with Gasteiger partial charge in [-0.15, -0.1) is 0 Å². The molecule has 5 heteroatoms. The average molecular weight is 290 g/mol. The molecule has 0 aliphatic rings. The fourth-order valence-electron chi connectivity index (χ4n) is 1.30. The van der Waals surface area contributed by atoms with Crippen LogP contribution in [0, 0.1) is 5.41 Å². The van der Waals surface area contributed by atoms with Crippen LogP contribution in [0.2, 0.25) is 10.0 Å². The van der Waals surface area contributed by atoms with Crippen molar-refractivity contribution in [1.29, 1.82) is 0 Å². The van der Waals surface area contributed by atoms with Crippen LogP contribution in [0.15, 0.2) is 12.1 Å². The summed E-state index contributed by atoms with van der Waals surface area (Å²) >= 11 is 11.8. The van der Waals surface area contributed by atoms with E-state index < -0.39 is 5.97 Å². The summed E-state index contributed by atoms with van der Waals surface area (Å²) in [4.78, 5) is 11.9. The highest BCUT2D eigenvalue weighted by Gasteiger charge is 2.19. The lowest BCUT2D eigenvalue weighted by Gasteiger charge is -2.18. The number of carbonyl (C=O) groups excluding carboxylic acids is 1. The van der Waals surface area contributed by atoms with E-state index in [-0.39, 0.29) is 21.7 Å². The molecule has 0 radical (unpaired) electrons. The molecule has 0 bridgehead atoms. The maximum atomic E-state index is 11.9. The second-order valence-corrected chi connectivity index (χ2v) is 6.08. The van der Waals surface area contributed by atoms with E-state index in [0.29, 0.717) is 11.6 Å². The van der Waals surface area contributed by atoms with Gasteiger partial charge >= 0.3 is 5.97 Å². The molecule has 1 rings (SSSR count). The molecule has 1 aromatic rings. The van der Waals surface area contributed by atoms with Crippen LogP contribution in [0.4, 0.5) is 5.69 Å². The van der Waals surface area contributed by atoms with E-state index in [1.807, 2.05) is 0 Å². The summed E-state index contributed by atoms with van der Waals surface area (Å²) in [5.74, 6) is -0.538. The van der Waals surface area contributed by atoms with Crippen molar-refractivity contribution in [3.05, 3.63) is 27.7 Å². The second-order valence-electron chi connectivity index (χ2n) is 5.26. The van der Waals surface area contributed by atoms with E-state index in [1.165, 1.54) is 6.07 Å². The Hall–Kier alpha value is -0.930. The summed E-state index contributed by atoms with van der Waals surface area (Å²) in [6.07, 6.45) is 0.761.